The molecule has 0 spiro atoms. The summed E-state index contributed by atoms with van der Waals surface area (Å²) in [4.78, 5) is 9.55. The van der Waals surface area contributed by atoms with Crippen LogP contribution in [0.3, 0.4) is 0 Å². The second kappa shape index (κ2) is 4.42. The molecule has 2 aliphatic carbocycles. The van der Waals surface area contributed by atoms with Crippen molar-refractivity contribution < 1.29 is 0 Å². The van der Waals surface area contributed by atoms with Crippen LogP contribution in [0.15, 0.2) is 30.6 Å². The van der Waals surface area contributed by atoms with Gasteiger partial charge in [-0.3, -0.25) is 0 Å². The van der Waals surface area contributed by atoms with Crippen LogP contribution in [0.2, 0.25) is 0 Å². The molecule has 1 aromatic carbocycles. The molecule has 0 radical (unpaired) electrons. The Morgan fingerprint density at radius 3 is 2.86 bits per heavy atom. The molecule has 0 bridgehead atoms. The van der Waals surface area contributed by atoms with Crippen LogP contribution in [0.1, 0.15) is 41.9 Å². The molecule has 0 atom stereocenters. The van der Waals surface area contributed by atoms with Gasteiger partial charge in [-0.1, -0.05) is 12.1 Å². The van der Waals surface area contributed by atoms with E-state index in [1.807, 2.05) is 19.4 Å². The lowest BCUT2D eigenvalue weighted by Gasteiger charge is -2.12. The maximum Gasteiger partial charge on any atom is 0.158 e. The van der Waals surface area contributed by atoms with Gasteiger partial charge in [0.15, 0.2) is 5.82 Å². The van der Waals surface area contributed by atoms with Gasteiger partial charge < -0.3 is 4.57 Å². The summed E-state index contributed by atoms with van der Waals surface area (Å²) in [5.74, 6) is 1.70. The predicted octanol–water partition coefficient (Wildman–Crippen LogP) is 4.00. The van der Waals surface area contributed by atoms with Crippen LogP contribution < -0.4 is 0 Å². The molecule has 0 unspecified atom stereocenters. The molecular formula is C19H19N3. The number of nitrogens with zero attached hydrogens (tertiary/aromatic N) is 3. The largest absolute Gasteiger partial charge is 0.333 e. The van der Waals surface area contributed by atoms with Gasteiger partial charge in [0.2, 0.25) is 0 Å². The highest BCUT2D eigenvalue weighted by Crippen LogP contribution is 2.45. The van der Waals surface area contributed by atoms with E-state index in [-0.39, 0.29) is 0 Å². The Morgan fingerprint density at radius 1 is 1.18 bits per heavy atom. The first-order valence-electron chi connectivity index (χ1n) is 8.24. The third-order valence-corrected chi connectivity index (χ3v) is 5.16. The normalized spacial score (nSPS) is 17.1. The van der Waals surface area contributed by atoms with Crippen molar-refractivity contribution in [2.24, 2.45) is 7.05 Å². The monoisotopic (exact) mass is 289 g/mol. The zero-order chi connectivity index (χ0) is 14.7. The van der Waals surface area contributed by atoms with Gasteiger partial charge in [-0.05, 0) is 60.8 Å². The summed E-state index contributed by atoms with van der Waals surface area (Å²) in [6.45, 7) is 0. The van der Waals surface area contributed by atoms with E-state index in [1.54, 1.807) is 0 Å². The second-order valence-corrected chi connectivity index (χ2v) is 6.69. The SMILES string of the molecule is Cn1ccnc1-c1cc(C2CC2)c2ccc3c(c2n1)CCC3. The Balaban J connectivity index is 1.84. The summed E-state index contributed by atoms with van der Waals surface area (Å²) in [6.07, 6.45) is 10.1. The Hall–Kier alpha value is -2.16. The molecule has 2 aromatic heterocycles. The number of imidazole rings is 1. The Labute approximate surface area is 130 Å². The topological polar surface area (TPSA) is 30.7 Å². The van der Waals surface area contributed by atoms with Gasteiger partial charge in [-0.15, -0.1) is 0 Å². The van der Waals surface area contributed by atoms with E-state index >= 15 is 0 Å². The number of hydrogen-bond acceptors (Lipinski definition) is 2. The summed E-state index contributed by atoms with van der Waals surface area (Å²) >= 11 is 0. The maximum absolute atomic E-state index is 5.04. The third kappa shape index (κ3) is 1.75. The van der Waals surface area contributed by atoms with E-state index in [2.05, 4.69) is 27.8 Å². The number of hydrogen-bond donors (Lipinski definition) is 0. The highest BCUT2D eigenvalue weighted by atomic mass is 15.0. The molecule has 0 amide bonds. The summed E-state index contributed by atoms with van der Waals surface area (Å²) in [5.41, 5.74) is 6.73. The van der Waals surface area contributed by atoms with Crippen LogP contribution in [0.5, 0.6) is 0 Å². The van der Waals surface area contributed by atoms with Gasteiger partial charge in [-0.25, -0.2) is 9.97 Å². The van der Waals surface area contributed by atoms with Gasteiger partial charge in [0.25, 0.3) is 0 Å². The van der Waals surface area contributed by atoms with Crippen LogP contribution in [0, 0.1) is 0 Å². The number of rotatable bonds is 2. The van der Waals surface area contributed by atoms with Gasteiger partial charge >= 0.3 is 0 Å². The molecule has 3 aromatic rings. The molecule has 3 heteroatoms. The molecule has 5 rings (SSSR count). The van der Waals surface area contributed by atoms with Crippen molar-refractivity contribution in [1.82, 2.24) is 14.5 Å². The Morgan fingerprint density at radius 2 is 2.09 bits per heavy atom. The van der Waals surface area contributed by atoms with E-state index in [4.69, 9.17) is 4.98 Å². The van der Waals surface area contributed by atoms with E-state index in [1.165, 1.54) is 59.7 Å². The number of aryl methyl sites for hydroxylation is 3. The van der Waals surface area contributed by atoms with Crippen LogP contribution in [-0.4, -0.2) is 14.5 Å². The summed E-state index contributed by atoms with van der Waals surface area (Å²) < 4.78 is 2.06. The molecule has 22 heavy (non-hydrogen) atoms. The fourth-order valence-corrected chi connectivity index (χ4v) is 3.84. The van der Waals surface area contributed by atoms with Crippen LogP contribution >= 0.6 is 0 Å². The molecular weight excluding hydrogens is 270 g/mol. The van der Waals surface area contributed by atoms with Crippen molar-refractivity contribution in [1.29, 1.82) is 0 Å². The van der Waals surface area contributed by atoms with Crippen molar-refractivity contribution in [3.8, 4) is 11.5 Å². The first-order valence-corrected chi connectivity index (χ1v) is 8.24. The number of aromatic nitrogens is 3. The third-order valence-electron chi connectivity index (χ3n) is 5.16. The van der Waals surface area contributed by atoms with E-state index in [9.17, 15) is 0 Å². The first kappa shape index (κ1) is 12.4. The highest BCUT2D eigenvalue weighted by molar-refractivity contribution is 5.89. The van der Waals surface area contributed by atoms with Crippen molar-refractivity contribution in [3.05, 3.63) is 47.3 Å². The fourth-order valence-electron chi connectivity index (χ4n) is 3.84. The van der Waals surface area contributed by atoms with Crippen molar-refractivity contribution >= 4 is 10.9 Å². The van der Waals surface area contributed by atoms with Crippen molar-refractivity contribution in [2.75, 3.05) is 0 Å². The van der Waals surface area contributed by atoms with Gasteiger partial charge in [0, 0.05) is 24.8 Å². The zero-order valence-electron chi connectivity index (χ0n) is 12.8. The average molecular weight is 289 g/mol. The molecule has 3 nitrogen and oxygen atoms in total. The summed E-state index contributed by atoms with van der Waals surface area (Å²) in [5, 5.41) is 1.38. The summed E-state index contributed by atoms with van der Waals surface area (Å²) in [6, 6.07) is 6.92. The average Bonchev–Trinajstić information content (AvgIpc) is 3.10. The molecule has 110 valence electrons. The standard InChI is InChI=1S/C19H19N3/c1-22-10-9-20-19(22)17-11-16(13-5-6-13)15-8-7-12-3-2-4-14(12)18(15)21-17/h7-11,13H,2-6H2,1H3. The predicted molar refractivity (Wildman–Crippen MR) is 87.9 cm³/mol. The lowest BCUT2D eigenvalue weighted by Crippen LogP contribution is -1.99. The number of benzene rings is 1. The molecule has 2 heterocycles. The lowest BCUT2D eigenvalue weighted by molar-refractivity contribution is 0.911. The van der Waals surface area contributed by atoms with Crippen LogP contribution in [0.4, 0.5) is 0 Å². The fraction of sp³-hybridized carbons (Fsp3) is 0.368. The minimum absolute atomic E-state index is 0.726. The number of pyridine rings is 1. The van der Waals surface area contributed by atoms with E-state index < -0.39 is 0 Å². The quantitative estimate of drug-likeness (QED) is 0.714. The van der Waals surface area contributed by atoms with E-state index in [0.717, 1.165) is 17.4 Å². The van der Waals surface area contributed by atoms with Crippen LogP contribution in [-0.2, 0) is 19.9 Å². The van der Waals surface area contributed by atoms with Gasteiger partial charge in [-0.2, -0.15) is 0 Å². The second-order valence-electron chi connectivity index (χ2n) is 6.69. The Bertz CT molecular complexity index is 887. The van der Waals surface area contributed by atoms with Gasteiger partial charge in [0.1, 0.15) is 5.69 Å². The molecule has 0 N–H and O–H groups in total. The van der Waals surface area contributed by atoms with Crippen molar-refractivity contribution in [2.45, 2.75) is 38.0 Å². The zero-order valence-corrected chi connectivity index (χ0v) is 12.8. The maximum atomic E-state index is 5.04. The van der Waals surface area contributed by atoms with Crippen molar-refractivity contribution in [3.63, 3.8) is 0 Å². The smallest absolute Gasteiger partial charge is 0.158 e. The minimum Gasteiger partial charge on any atom is -0.333 e. The lowest BCUT2D eigenvalue weighted by atomic mass is 9.98. The number of fused-ring (bicyclic) bond motifs is 3. The molecule has 1 fully saturated rings. The molecule has 0 saturated heterocycles. The van der Waals surface area contributed by atoms with Gasteiger partial charge in [0.05, 0.1) is 5.52 Å². The molecule has 2 aliphatic rings. The van der Waals surface area contributed by atoms with Crippen LogP contribution in [0.25, 0.3) is 22.4 Å². The molecule has 1 saturated carbocycles. The van der Waals surface area contributed by atoms with E-state index in [0.29, 0.717) is 0 Å². The summed E-state index contributed by atoms with van der Waals surface area (Å²) in [7, 11) is 2.04. The first-order chi connectivity index (χ1) is 10.8. The highest BCUT2D eigenvalue weighted by Gasteiger charge is 2.28. The minimum atomic E-state index is 0.726. The molecule has 0 aliphatic heterocycles. The Kier molecular flexibility index (Phi) is 2.49.